The first kappa shape index (κ1) is 22.4. The van der Waals surface area contributed by atoms with E-state index in [4.69, 9.17) is 4.42 Å². The summed E-state index contributed by atoms with van der Waals surface area (Å²) in [5.74, 6) is 0. The lowest BCUT2D eigenvalue weighted by Gasteiger charge is -2.32. The van der Waals surface area contributed by atoms with Gasteiger partial charge in [-0.25, -0.2) is 0 Å². The molecular weight excluding hydrogens is 537 g/mol. The molecule has 6 aromatic carbocycles. The minimum atomic E-state index is 0.342. The predicted octanol–water partition coefficient (Wildman–Crippen LogP) is 9.92. The normalized spacial score (nSPS) is 13.6. The van der Waals surface area contributed by atoms with Crippen molar-refractivity contribution < 1.29 is 4.42 Å². The van der Waals surface area contributed by atoms with Gasteiger partial charge in [-0.3, -0.25) is 0 Å². The lowest BCUT2D eigenvalue weighted by atomic mass is 9.77. The third kappa shape index (κ3) is 3.03. The SMILES string of the molecule is c1ccc2c(c1)SB1Sc3ccccc3-c3cc(-n4c5ccccc5c5cc6oc7ccccc7c6cc54)cc-2c31. The molecule has 0 N–H and O–H groups in total. The van der Waals surface area contributed by atoms with Crippen LogP contribution in [0.25, 0.3) is 71.7 Å². The maximum Gasteiger partial charge on any atom is 0.318 e. The Kier molecular flexibility index (Phi) is 4.44. The number of aromatic nitrogens is 1. The van der Waals surface area contributed by atoms with Gasteiger partial charge in [-0.2, -0.15) is 23.2 Å². The van der Waals surface area contributed by atoms with Crippen molar-refractivity contribution >= 4 is 77.7 Å². The van der Waals surface area contributed by atoms with Crippen LogP contribution in [0.1, 0.15) is 0 Å². The van der Waals surface area contributed by atoms with Gasteiger partial charge in [-0.1, -0.05) is 72.8 Å². The Bertz CT molecular complexity index is 2330. The Labute approximate surface area is 244 Å². The van der Waals surface area contributed by atoms with Gasteiger partial charge >= 0.3 is 5.27 Å². The van der Waals surface area contributed by atoms with Gasteiger partial charge in [-0.15, -0.1) is 0 Å². The van der Waals surface area contributed by atoms with Gasteiger partial charge in [0, 0.05) is 37.0 Å². The zero-order valence-corrected chi connectivity index (χ0v) is 23.4. The fourth-order valence-corrected chi connectivity index (χ4v) is 9.83. The maximum atomic E-state index is 6.32. The first-order valence-corrected chi connectivity index (χ1v) is 15.6. The van der Waals surface area contributed by atoms with Gasteiger partial charge in [0.1, 0.15) is 11.2 Å². The summed E-state index contributed by atoms with van der Waals surface area (Å²) in [4.78, 5) is 2.71. The monoisotopic (exact) mass is 557 g/mol. The highest BCUT2D eigenvalue weighted by Crippen LogP contribution is 2.50. The van der Waals surface area contributed by atoms with E-state index in [1.54, 1.807) is 0 Å². The average Bonchev–Trinajstić information content (AvgIpc) is 3.54. The van der Waals surface area contributed by atoms with Crippen LogP contribution in [0.15, 0.2) is 136 Å². The molecular formula is C36H20BNOS2. The van der Waals surface area contributed by atoms with E-state index in [0.717, 1.165) is 21.9 Å². The van der Waals surface area contributed by atoms with Crippen LogP contribution in [0, 0.1) is 0 Å². The third-order valence-electron chi connectivity index (χ3n) is 8.65. The molecule has 41 heavy (non-hydrogen) atoms. The summed E-state index contributed by atoms with van der Waals surface area (Å²) >= 11 is 3.97. The van der Waals surface area contributed by atoms with Crippen LogP contribution in [-0.4, -0.2) is 9.84 Å². The summed E-state index contributed by atoms with van der Waals surface area (Å²) in [6, 6.07) is 44.3. The number of nitrogens with zero attached hydrogens (tertiary/aromatic N) is 1. The molecule has 0 radical (unpaired) electrons. The van der Waals surface area contributed by atoms with Crippen LogP contribution in [0.3, 0.4) is 0 Å². The molecule has 0 atom stereocenters. The predicted molar refractivity (Wildman–Crippen MR) is 176 cm³/mol. The van der Waals surface area contributed by atoms with Crippen LogP contribution in [0.4, 0.5) is 0 Å². The molecule has 0 amide bonds. The molecule has 0 aliphatic carbocycles. The minimum Gasteiger partial charge on any atom is -0.456 e. The zero-order valence-electron chi connectivity index (χ0n) is 21.8. The summed E-state index contributed by atoms with van der Waals surface area (Å²) in [6.07, 6.45) is 0. The highest BCUT2D eigenvalue weighted by molar-refractivity contribution is 8.56. The standard InChI is InChI=1S/C36H20BNOS2/c1-5-13-30-22(9-1)26-20-33-27(23-10-2-6-14-32(23)39-33)19-31(26)38(30)21-17-28-24-11-3-7-15-34(24)40-37-36(28)29(18-21)25-12-4-8-16-35(25)41-37/h1-20H. The molecule has 0 spiro atoms. The van der Waals surface area contributed by atoms with E-state index in [-0.39, 0.29) is 0 Å². The van der Waals surface area contributed by atoms with E-state index in [1.165, 1.54) is 65.0 Å². The Hall–Kier alpha value is -4.32. The number of fused-ring (bicyclic) bond motifs is 10. The van der Waals surface area contributed by atoms with E-state index in [1.807, 2.05) is 29.3 Å². The molecule has 2 aliphatic heterocycles. The second-order valence-corrected chi connectivity index (χ2v) is 13.4. The molecule has 190 valence electrons. The van der Waals surface area contributed by atoms with Crippen molar-refractivity contribution in [2.45, 2.75) is 9.79 Å². The Morgan fingerprint density at radius 3 is 1.88 bits per heavy atom. The van der Waals surface area contributed by atoms with E-state index in [2.05, 4.69) is 120 Å². The summed E-state index contributed by atoms with van der Waals surface area (Å²) in [6.45, 7) is 0. The number of rotatable bonds is 1. The van der Waals surface area contributed by atoms with Gasteiger partial charge in [0.05, 0.1) is 11.0 Å². The van der Waals surface area contributed by atoms with Crippen molar-refractivity contribution in [1.29, 1.82) is 0 Å². The van der Waals surface area contributed by atoms with Crippen LogP contribution >= 0.6 is 23.2 Å². The van der Waals surface area contributed by atoms with E-state index >= 15 is 0 Å². The van der Waals surface area contributed by atoms with E-state index in [0.29, 0.717) is 5.27 Å². The van der Waals surface area contributed by atoms with Gasteiger partial charge in [0.15, 0.2) is 0 Å². The quantitative estimate of drug-likeness (QED) is 0.187. The maximum absolute atomic E-state index is 6.32. The highest BCUT2D eigenvalue weighted by Gasteiger charge is 2.37. The number of hydrogen-bond acceptors (Lipinski definition) is 3. The molecule has 2 aliphatic rings. The molecule has 10 rings (SSSR count). The summed E-state index contributed by atoms with van der Waals surface area (Å²) < 4.78 is 8.78. The van der Waals surface area contributed by atoms with Crippen LogP contribution in [0.2, 0.25) is 0 Å². The van der Waals surface area contributed by atoms with Gasteiger partial charge in [-0.05, 0) is 76.2 Å². The minimum absolute atomic E-state index is 0.342. The number of furan rings is 1. The van der Waals surface area contributed by atoms with E-state index in [9.17, 15) is 0 Å². The second-order valence-electron chi connectivity index (χ2n) is 10.8. The highest BCUT2D eigenvalue weighted by atomic mass is 32.2. The molecule has 0 fully saturated rings. The molecule has 0 bridgehead atoms. The summed E-state index contributed by atoms with van der Waals surface area (Å²) in [7, 11) is 0. The summed E-state index contributed by atoms with van der Waals surface area (Å²) in [5.41, 5.74) is 12.3. The van der Waals surface area contributed by atoms with Crippen LogP contribution < -0.4 is 5.46 Å². The number of para-hydroxylation sites is 2. The van der Waals surface area contributed by atoms with Crippen molar-refractivity contribution in [1.82, 2.24) is 4.57 Å². The van der Waals surface area contributed by atoms with Crippen molar-refractivity contribution in [3.05, 3.63) is 121 Å². The van der Waals surface area contributed by atoms with Crippen molar-refractivity contribution in [3.8, 4) is 27.9 Å². The number of hydrogen-bond donors (Lipinski definition) is 0. The van der Waals surface area contributed by atoms with Gasteiger partial charge in [0.2, 0.25) is 0 Å². The molecule has 8 aromatic rings. The van der Waals surface area contributed by atoms with Crippen LogP contribution in [-0.2, 0) is 0 Å². The molecule has 0 saturated carbocycles. The molecule has 5 heteroatoms. The van der Waals surface area contributed by atoms with Crippen LogP contribution in [0.5, 0.6) is 0 Å². The fourth-order valence-electron chi connectivity index (χ4n) is 6.89. The molecule has 4 heterocycles. The Morgan fingerprint density at radius 2 is 1.12 bits per heavy atom. The van der Waals surface area contributed by atoms with Crippen molar-refractivity contribution in [2.24, 2.45) is 0 Å². The molecule has 0 unspecified atom stereocenters. The second kappa shape index (κ2) is 8.13. The Morgan fingerprint density at radius 1 is 0.488 bits per heavy atom. The number of benzene rings is 6. The topological polar surface area (TPSA) is 18.1 Å². The average molecular weight is 558 g/mol. The van der Waals surface area contributed by atoms with Crippen molar-refractivity contribution in [2.75, 3.05) is 0 Å². The summed E-state index contributed by atoms with van der Waals surface area (Å²) in [5, 5.41) is 5.10. The lowest BCUT2D eigenvalue weighted by Crippen LogP contribution is -2.33. The van der Waals surface area contributed by atoms with Crippen molar-refractivity contribution in [3.63, 3.8) is 0 Å². The zero-order chi connectivity index (χ0) is 26.7. The van der Waals surface area contributed by atoms with Gasteiger partial charge < -0.3 is 8.98 Å². The largest absolute Gasteiger partial charge is 0.456 e. The third-order valence-corrected chi connectivity index (χ3v) is 11.3. The first-order chi connectivity index (χ1) is 20.3. The molecule has 2 aromatic heterocycles. The smallest absolute Gasteiger partial charge is 0.318 e. The molecule has 2 nitrogen and oxygen atoms in total. The first-order valence-electron chi connectivity index (χ1n) is 13.9. The fraction of sp³-hybridized carbons (Fsp3) is 0. The van der Waals surface area contributed by atoms with Gasteiger partial charge in [0.25, 0.3) is 0 Å². The molecule has 0 saturated heterocycles. The van der Waals surface area contributed by atoms with E-state index < -0.39 is 0 Å². The Balaban J connectivity index is 1.36. The lowest BCUT2D eigenvalue weighted by molar-refractivity contribution is 0.669.